The lowest BCUT2D eigenvalue weighted by Gasteiger charge is -2.13. The maximum atomic E-state index is 11.4. The summed E-state index contributed by atoms with van der Waals surface area (Å²) in [5.74, 6) is -1.80. The number of aliphatic carboxylic acids is 1. The van der Waals surface area contributed by atoms with E-state index in [4.69, 9.17) is 5.11 Å². The lowest BCUT2D eigenvalue weighted by Crippen LogP contribution is -2.31. The van der Waals surface area contributed by atoms with Gasteiger partial charge in [-0.05, 0) is 12.0 Å². The third-order valence-corrected chi connectivity index (χ3v) is 2.58. The van der Waals surface area contributed by atoms with Crippen molar-refractivity contribution in [1.82, 2.24) is 5.32 Å². The molecule has 1 unspecified atom stereocenters. The molecule has 1 aromatic rings. The number of allylic oxidation sites excluding steroid dienone is 1. The van der Waals surface area contributed by atoms with Crippen LogP contribution in [-0.2, 0) is 9.59 Å². The average molecular weight is 247 g/mol. The van der Waals surface area contributed by atoms with E-state index in [9.17, 15) is 9.59 Å². The van der Waals surface area contributed by atoms with Crippen molar-refractivity contribution in [2.75, 3.05) is 6.54 Å². The van der Waals surface area contributed by atoms with Crippen molar-refractivity contribution in [3.8, 4) is 0 Å². The number of benzene rings is 1. The number of hydrogen-bond donors (Lipinski definition) is 2. The number of carbonyl (C=O) groups is 2. The van der Waals surface area contributed by atoms with E-state index < -0.39 is 11.9 Å². The number of amides is 1. The highest BCUT2D eigenvalue weighted by Crippen LogP contribution is 2.14. The van der Waals surface area contributed by atoms with Gasteiger partial charge in [0.25, 0.3) is 0 Å². The van der Waals surface area contributed by atoms with Gasteiger partial charge in [0.15, 0.2) is 0 Å². The van der Waals surface area contributed by atoms with Crippen LogP contribution in [0.1, 0.15) is 24.3 Å². The second-order valence-electron chi connectivity index (χ2n) is 3.93. The van der Waals surface area contributed by atoms with Crippen molar-refractivity contribution in [2.45, 2.75) is 18.8 Å². The predicted octanol–water partition coefficient (Wildman–Crippen LogP) is 1.94. The van der Waals surface area contributed by atoms with Crippen molar-refractivity contribution in [2.24, 2.45) is 0 Å². The molecule has 0 aromatic heterocycles. The number of nitrogens with one attached hydrogen (secondary N) is 1. The highest BCUT2D eigenvalue weighted by Gasteiger charge is 2.19. The van der Waals surface area contributed by atoms with E-state index in [-0.39, 0.29) is 12.5 Å². The fourth-order valence-corrected chi connectivity index (χ4v) is 1.57. The summed E-state index contributed by atoms with van der Waals surface area (Å²) in [5.41, 5.74) is 0.689. The van der Waals surface area contributed by atoms with Crippen LogP contribution in [-0.4, -0.2) is 23.5 Å². The first-order valence-electron chi connectivity index (χ1n) is 5.80. The van der Waals surface area contributed by atoms with Crippen LogP contribution < -0.4 is 5.32 Å². The third-order valence-electron chi connectivity index (χ3n) is 2.58. The molecule has 1 atom stereocenters. The number of hydrogen-bond acceptors (Lipinski definition) is 2. The second-order valence-corrected chi connectivity index (χ2v) is 3.93. The largest absolute Gasteiger partial charge is 0.481 e. The molecule has 0 heterocycles. The number of carboxylic acids is 1. The molecule has 0 saturated carbocycles. The van der Waals surface area contributed by atoms with Crippen LogP contribution in [0, 0.1) is 0 Å². The fourth-order valence-electron chi connectivity index (χ4n) is 1.57. The average Bonchev–Trinajstić information content (AvgIpc) is 2.37. The highest BCUT2D eigenvalue weighted by atomic mass is 16.4. The SMILES string of the molecule is C=CCCC(=O)NCC(C(=O)O)c1ccccc1. The van der Waals surface area contributed by atoms with Crippen LogP contribution in [0.15, 0.2) is 43.0 Å². The highest BCUT2D eigenvalue weighted by molar-refractivity contribution is 5.79. The molecule has 0 aliphatic rings. The summed E-state index contributed by atoms with van der Waals surface area (Å²) in [6, 6.07) is 8.88. The molecule has 1 amide bonds. The van der Waals surface area contributed by atoms with Gasteiger partial charge < -0.3 is 10.4 Å². The van der Waals surface area contributed by atoms with Crippen LogP contribution >= 0.6 is 0 Å². The Bertz CT molecular complexity index is 414. The van der Waals surface area contributed by atoms with Crippen LogP contribution in [0.5, 0.6) is 0 Å². The van der Waals surface area contributed by atoms with E-state index in [0.29, 0.717) is 18.4 Å². The predicted molar refractivity (Wildman–Crippen MR) is 69.3 cm³/mol. The fraction of sp³-hybridized carbons (Fsp3) is 0.286. The molecule has 4 nitrogen and oxygen atoms in total. The molecule has 2 N–H and O–H groups in total. The van der Waals surface area contributed by atoms with Crippen LogP contribution in [0.2, 0.25) is 0 Å². The summed E-state index contributed by atoms with van der Waals surface area (Å²) in [6.07, 6.45) is 2.59. The maximum Gasteiger partial charge on any atom is 0.312 e. The van der Waals surface area contributed by atoms with Crippen molar-refractivity contribution < 1.29 is 14.7 Å². The summed E-state index contributed by atoms with van der Waals surface area (Å²) in [6.45, 7) is 3.64. The summed E-state index contributed by atoms with van der Waals surface area (Å²) >= 11 is 0. The van der Waals surface area contributed by atoms with Gasteiger partial charge >= 0.3 is 5.97 Å². The molecule has 0 saturated heterocycles. The van der Waals surface area contributed by atoms with E-state index in [2.05, 4.69) is 11.9 Å². The van der Waals surface area contributed by atoms with Gasteiger partial charge in [0.1, 0.15) is 0 Å². The van der Waals surface area contributed by atoms with Crippen molar-refractivity contribution >= 4 is 11.9 Å². The first-order chi connectivity index (χ1) is 8.65. The second kappa shape index (κ2) is 7.27. The van der Waals surface area contributed by atoms with Crippen molar-refractivity contribution in [3.63, 3.8) is 0 Å². The number of rotatable bonds is 7. The van der Waals surface area contributed by atoms with Gasteiger partial charge in [-0.15, -0.1) is 6.58 Å². The zero-order valence-corrected chi connectivity index (χ0v) is 10.1. The quantitative estimate of drug-likeness (QED) is 0.723. The molecule has 0 spiro atoms. The summed E-state index contributed by atoms with van der Waals surface area (Å²) in [5, 5.41) is 11.8. The minimum absolute atomic E-state index is 0.106. The topological polar surface area (TPSA) is 66.4 Å². The zero-order chi connectivity index (χ0) is 13.4. The van der Waals surface area contributed by atoms with Gasteiger partial charge in [-0.25, -0.2) is 0 Å². The lowest BCUT2D eigenvalue weighted by molar-refractivity contribution is -0.138. The van der Waals surface area contributed by atoms with Crippen LogP contribution in [0.3, 0.4) is 0 Å². The maximum absolute atomic E-state index is 11.4. The Labute approximate surface area is 106 Å². The summed E-state index contributed by atoms with van der Waals surface area (Å²) < 4.78 is 0. The molecule has 0 bridgehead atoms. The Morgan fingerprint density at radius 2 is 2.00 bits per heavy atom. The Balaban J connectivity index is 2.57. The zero-order valence-electron chi connectivity index (χ0n) is 10.1. The Hall–Kier alpha value is -2.10. The van der Waals surface area contributed by atoms with E-state index in [0.717, 1.165) is 0 Å². The van der Waals surface area contributed by atoms with E-state index in [1.165, 1.54) is 0 Å². The summed E-state index contributed by atoms with van der Waals surface area (Å²) in [7, 11) is 0. The number of carbonyl (C=O) groups excluding carboxylic acids is 1. The first-order valence-corrected chi connectivity index (χ1v) is 5.80. The van der Waals surface area contributed by atoms with Gasteiger partial charge in [0, 0.05) is 13.0 Å². The van der Waals surface area contributed by atoms with E-state index in [1.807, 2.05) is 6.07 Å². The van der Waals surface area contributed by atoms with E-state index >= 15 is 0 Å². The molecular formula is C14H17NO3. The lowest BCUT2D eigenvalue weighted by atomic mass is 9.99. The molecule has 0 radical (unpaired) electrons. The molecule has 1 rings (SSSR count). The van der Waals surface area contributed by atoms with Gasteiger partial charge in [0.05, 0.1) is 5.92 Å². The van der Waals surface area contributed by atoms with Crippen molar-refractivity contribution in [1.29, 1.82) is 0 Å². The Morgan fingerprint density at radius 3 is 2.56 bits per heavy atom. The normalized spacial score (nSPS) is 11.6. The standard InChI is InChI=1S/C14H17NO3/c1-2-3-9-13(16)15-10-12(14(17)18)11-7-5-4-6-8-11/h2,4-8,12H,1,3,9-10H2,(H,15,16)(H,17,18). The Morgan fingerprint density at radius 1 is 1.33 bits per heavy atom. The summed E-state index contributed by atoms with van der Waals surface area (Å²) in [4.78, 5) is 22.6. The monoisotopic (exact) mass is 247 g/mol. The molecular weight excluding hydrogens is 230 g/mol. The molecule has 4 heteroatoms. The molecule has 0 aliphatic carbocycles. The van der Waals surface area contributed by atoms with Crippen LogP contribution in [0.4, 0.5) is 0 Å². The molecule has 18 heavy (non-hydrogen) atoms. The third kappa shape index (κ3) is 4.41. The minimum Gasteiger partial charge on any atom is -0.481 e. The molecule has 1 aromatic carbocycles. The molecule has 0 aliphatic heterocycles. The van der Waals surface area contributed by atoms with Gasteiger partial charge in [0.2, 0.25) is 5.91 Å². The first kappa shape index (κ1) is 14.0. The van der Waals surface area contributed by atoms with Crippen LogP contribution in [0.25, 0.3) is 0 Å². The van der Waals surface area contributed by atoms with E-state index in [1.54, 1.807) is 30.3 Å². The molecule has 96 valence electrons. The molecule has 0 fully saturated rings. The number of carboxylic acid groups (broad SMARTS) is 1. The smallest absolute Gasteiger partial charge is 0.312 e. The van der Waals surface area contributed by atoms with Crippen molar-refractivity contribution in [3.05, 3.63) is 48.6 Å². The minimum atomic E-state index is -0.940. The van der Waals surface area contributed by atoms with Gasteiger partial charge in [-0.3, -0.25) is 9.59 Å². The van der Waals surface area contributed by atoms with Gasteiger partial charge in [-0.1, -0.05) is 36.4 Å². The van der Waals surface area contributed by atoms with Gasteiger partial charge in [-0.2, -0.15) is 0 Å². The Kier molecular flexibility index (Phi) is 5.64.